The Bertz CT molecular complexity index is 174. The van der Waals surface area contributed by atoms with Crippen LogP contribution in [0.25, 0.3) is 0 Å². The highest BCUT2D eigenvalue weighted by Gasteiger charge is 2.25. The zero-order valence-corrected chi connectivity index (χ0v) is 8.62. The highest BCUT2D eigenvalue weighted by Crippen LogP contribution is 2.24. The first-order valence-corrected chi connectivity index (χ1v) is 5.15. The van der Waals surface area contributed by atoms with Gasteiger partial charge in [0.15, 0.2) is 0 Å². The summed E-state index contributed by atoms with van der Waals surface area (Å²) in [5, 5.41) is 0. The molecular weight excluding hydrogens is 164 g/mol. The molecule has 0 atom stereocenters. The monoisotopic (exact) mass is 184 g/mol. The van der Waals surface area contributed by atoms with Crippen molar-refractivity contribution in [3.05, 3.63) is 0 Å². The van der Waals surface area contributed by atoms with Gasteiger partial charge in [0.25, 0.3) is 0 Å². The van der Waals surface area contributed by atoms with Gasteiger partial charge in [-0.3, -0.25) is 4.79 Å². The summed E-state index contributed by atoms with van der Waals surface area (Å²) in [6, 6.07) is 0.330. The molecule has 0 aromatic carbocycles. The molecule has 0 aromatic rings. The van der Waals surface area contributed by atoms with Crippen molar-refractivity contribution < 1.29 is 4.79 Å². The van der Waals surface area contributed by atoms with Gasteiger partial charge in [-0.05, 0) is 32.6 Å². The van der Waals surface area contributed by atoms with E-state index in [0.717, 1.165) is 32.2 Å². The topological polar surface area (TPSA) is 46.3 Å². The fourth-order valence-corrected chi connectivity index (χ4v) is 1.83. The van der Waals surface area contributed by atoms with Crippen molar-refractivity contribution in [2.24, 2.45) is 11.7 Å². The van der Waals surface area contributed by atoms with E-state index < -0.39 is 0 Å². The molecule has 1 saturated carbocycles. The maximum atomic E-state index is 11.7. The van der Waals surface area contributed by atoms with Gasteiger partial charge in [0.2, 0.25) is 5.91 Å². The summed E-state index contributed by atoms with van der Waals surface area (Å²) in [6.07, 6.45) is 3.97. The van der Waals surface area contributed by atoms with Gasteiger partial charge in [-0.2, -0.15) is 0 Å². The van der Waals surface area contributed by atoms with Crippen molar-refractivity contribution in [2.75, 3.05) is 13.6 Å². The smallest absolute Gasteiger partial charge is 0.225 e. The lowest BCUT2D eigenvalue weighted by Crippen LogP contribution is -2.37. The molecule has 1 fully saturated rings. The number of hydrogen-bond donors (Lipinski definition) is 1. The Morgan fingerprint density at radius 1 is 1.38 bits per heavy atom. The van der Waals surface area contributed by atoms with E-state index >= 15 is 0 Å². The number of amides is 1. The van der Waals surface area contributed by atoms with Gasteiger partial charge in [-0.15, -0.1) is 0 Å². The van der Waals surface area contributed by atoms with E-state index in [1.165, 1.54) is 0 Å². The Morgan fingerprint density at radius 3 is 2.38 bits per heavy atom. The van der Waals surface area contributed by atoms with Crippen LogP contribution in [0.15, 0.2) is 0 Å². The van der Waals surface area contributed by atoms with Gasteiger partial charge in [0.05, 0.1) is 0 Å². The average Bonchev–Trinajstić information content (AvgIpc) is 2.17. The first kappa shape index (κ1) is 10.5. The zero-order valence-electron chi connectivity index (χ0n) is 8.62. The predicted molar refractivity (Wildman–Crippen MR) is 53.2 cm³/mol. The van der Waals surface area contributed by atoms with E-state index in [1.807, 2.05) is 18.9 Å². The lowest BCUT2D eigenvalue weighted by Gasteiger charge is -2.28. The summed E-state index contributed by atoms with van der Waals surface area (Å²) in [5.74, 6) is 0.541. The fourth-order valence-electron chi connectivity index (χ4n) is 1.83. The first-order valence-electron chi connectivity index (χ1n) is 5.15. The third kappa shape index (κ3) is 2.69. The van der Waals surface area contributed by atoms with E-state index in [0.29, 0.717) is 11.9 Å². The molecule has 13 heavy (non-hydrogen) atoms. The average molecular weight is 184 g/mol. The normalized spacial score (nSPS) is 28.5. The Morgan fingerprint density at radius 2 is 1.92 bits per heavy atom. The molecule has 0 aliphatic heterocycles. The largest absolute Gasteiger partial charge is 0.346 e. The Balaban J connectivity index is 2.40. The van der Waals surface area contributed by atoms with Gasteiger partial charge in [-0.25, -0.2) is 0 Å². The molecule has 1 aliphatic carbocycles. The van der Waals surface area contributed by atoms with Crippen LogP contribution in [0.4, 0.5) is 0 Å². The van der Waals surface area contributed by atoms with Crippen LogP contribution in [0.3, 0.4) is 0 Å². The first-order chi connectivity index (χ1) is 6.15. The molecule has 3 heteroatoms. The predicted octanol–water partition coefficient (Wildman–Crippen LogP) is 0.982. The van der Waals surface area contributed by atoms with Crippen LogP contribution < -0.4 is 5.73 Å². The van der Waals surface area contributed by atoms with E-state index in [9.17, 15) is 4.79 Å². The van der Waals surface area contributed by atoms with Crippen molar-refractivity contribution in [1.82, 2.24) is 4.90 Å². The van der Waals surface area contributed by atoms with Crippen molar-refractivity contribution in [2.45, 2.75) is 38.6 Å². The number of carbonyl (C=O) groups excluding carboxylic acids is 1. The summed E-state index contributed by atoms with van der Waals surface area (Å²) in [6.45, 7) is 2.81. The summed E-state index contributed by atoms with van der Waals surface area (Å²) in [5.41, 5.74) is 5.78. The molecule has 0 heterocycles. The maximum Gasteiger partial charge on any atom is 0.225 e. The summed E-state index contributed by atoms with van der Waals surface area (Å²) >= 11 is 0. The lowest BCUT2D eigenvalue weighted by atomic mass is 9.85. The SMILES string of the molecule is CCN(C)C(=O)[C@H]1CC[C@H](N)CC1. The number of hydrogen-bond acceptors (Lipinski definition) is 2. The third-order valence-electron chi connectivity index (χ3n) is 2.97. The molecular formula is C10H20N2O. The number of nitrogens with two attached hydrogens (primary N) is 1. The molecule has 0 aromatic heterocycles. The van der Waals surface area contributed by atoms with Crippen LogP contribution in [-0.4, -0.2) is 30.4 Å². The molecule has 0 bridgehead atoms. The van der Waals surface area contributed by atoms with E-state index in [2.05, 4.69) is 0 Å². The quantitative estimate of drug-likeness (QED) is 0.695. The van der Waals surface area contributed by atoms with Gasteiger partial charge in [0, 0.05) is 25.6 Å². The van der Waals surface area contributed by atoms with Crippen molar-refractivity contribution in [3.8, 4) is 0 Å². The minimum Gasteiger partial charge on any atom is -0.346 e. The molecule has 3 nitrogen and oxygen atoms in total. The maximum absolute atomic E-state index is 11.7. The van der Waals surface area contributed by atoms with Gasteiger partial charge < -0.3 is 10.6 Å². The highest BCUT2D eigenvalue weighted by molar-refractivity contribution is 5.78. The van der Waals surface area contributed by atoms with E-state index in [-0.39, 0.29) is 5.92 Å². The van der Waals surface area contributed by atoms with Crippen LogP contribution in [0.1, 0.15) is 32.6 Å². The van der Waals surface area contributed by atoms with Crippen LogP contribution in [0.5, 0.6) is 0 Å². The van der Waals surface area contributed by atoms with E-state index in [1.54, 1.807) is 0 Å². The molecule has 0 spiro atoms. The van der Waals surface area contributed by atoms with Crippen LogP contribution in [0.2, 0.25) is 0 Å². The summed E-state index contributed by atoms with van der Waals surface area (Å²) in [4.78, 5) is 13.5. The molecule has 1 rings (SSSR count). The van der Waals surface area contributed by atoms with E-state index in [4.69, 9.17) is 5.73 Å². The second kappa shape index (κ2) is 4.61. The summed E-state index contributed by atoms with van der Waals surface area (Å²) < 4.78 is 0. The minimum atomic E-state index is 0.241. The fraction of sp³-hybridized carbons (Fsp3) is 0.900. The number of carbonyl (C=O) groups is 1. The highest BCUT2D eigenvalue weighted by atomic mass is 16.2. The Kier molecular flexibility index (Phi) is 3.72. The van der Waals surface area contributed by atoms with Crippen LogP contribution in [0, 0.1) is 5.92 Å². The molecule has 0 radical (unpaired) electrons. The van der Waals surface area contributed by atoms with Crippen LogP contribution in [-0.2, 0) is 4.79 Å². The molecule has 1 aliphatic rings. The van der Waals surface area contributed by atoms with Crippen molar-refractivity contribution in [3.63, 3.8) is 0 Å². The Hall–Kier alpha value is -0.570. The van der Waals surface area contributed by atoms with Crippen molar-refractivity contribution >= 4 is 5.91 Å². The molecule has 76 valence electrons. The second-order valence-electron chi connectivity index (χ2n) is 3.96. The van der Waals surface area contributed by atoms with Gasteiger partial charge in [-0.1, -0.05) is 0 Å². The second-order valence-corrected chi connectivity index (χ2v) is 3.96. The van der Waals surface area contributed by atoms with Gasteiger partial charge in [0.1, 0.15) is 0 Å². The molecule has 0 unspecified atom stereocenters. The third-order valence-corrected chi connectivity index (χ3v) is 2.97. The lowest BCUT2D eigenvalue weighted by molar-refractivity contribution is -0.135. The number of nitrogens with zero attached hydrogens (tertiary/aromatic N) is 1. The van der Waals surface area contributed by atoms with Gasteiger partial charge >= 0.3 is 0 Å². The Labute approximate surface area is 80.3 Å². The molecule has 2 N–H and O–H groups in total. The summed E-state index contributed by atoms with van der Waals surface area (Å²) in [7, 11) is 1.87. The van der Waals surface area contributed by atoms with Crippen LogP contribution >= 0.6 is 0 Å². The minimum absolute atomic E-state index is 0.241. The van der Waals surface area contributed by atoms with Crippen molar-refractivity contribution in [1.29, 1.82) is 0 Å². The zero-order chi connectivity index (χ0) is 9.84. The molecule has 0 saturated heterocycles. The standard InChI is InChI=1S/C10H20N2O/c1-3-12(2)10(13)8-4-6-9(11)7-5-8/h8-9H,3-7,11H2,1-2H3/t8-,9-. The molecule has 1 amide bonds. The number of rotatable bonds is 2.